The Hall–Kier alpha value is -3.74. The van der Waals surface area contributed by atoms with Crippen LogP contribution in [-0.4, -0.2) is 35.2 Å². The molecule has 4 rings (SSSR count). The van der Waals surface area contributed by atoms with Crippen LogP contribution < -0.4 is 33.2 Å². The minimum atomic E-state index is 0.107. The minimum absolute atomic E-state index is 0.107. The standard InChI is InChI=1S/C24H24O7/c1-25-17-11-10-16(21(26-2)22(17)27-3)20-18(29-13-15-8-6-5-7-9-15)12-19-23(24(20)28-4)31-14-30-19/h5-12H,13-14H2,1-4H3. The Kier molecular flexibility index (Phi) is 5.93. The summed E-state index contributed by atoms with van der Waals surface area (Å²) in [4.78, 5) is 0. The van der Waals surface area contributed by atoms with Crippen molar-refractivity contribution in [3.63, 3.8) is 0 Å². The fourth-order valence-corrected chi connectivity index (χ4v) is 3.59. The topological polar surface area (TPSA) is 64.6 Å². The lowest BCUT2D eigenvalue weighted by atomic mass is 10.00. The van der Waals surface area contributed by atoms with E-state index in [9.17, 15) is 0 Å². The van der Waals surface area contributed by atoms with Crippen molar-refractivity contribution < 1.29 is 33.2 Å². The molecule has 1 aliphatic heterocycles. The van der Waals surface area contributed by atoms with Crippen LogP contribution in [0.3, 0.4) is 0 Å². The largest absolute Gasteiger partial charge is 0.493 e. The predicted octanol–water partition coefficient (Wildman–Crippen LogP) is 4.70. The molecule has 0 amide bonds. The molecule has 31 heavy (non-hydrogen) atoms. The summed E-state index contributed by atoms with van der Waals surface area (Å²) in [6.45, 7) is 0.475. The number of methoxy groups -OCH3 is 4. The van der Waals surface area contributed by atoms with E-state index in [0.29, 0.717) is 58.0 Å². The van der Waals surface area contributed by atoms with Gasteiger partial charge in [-0.05, 0) is 17.7 Å². The third-order valence-electron chi connectivity index (χ3n) is 5.00. The number of hydrogen-bond donors (Lipinski definition) is 0. The Morgan fingerprint density at radius 3 is 2.16 bits per heavy atom. The molecule has 162 valence electrons. The Morgan fingerprint density at radius 1 is 0.742 bits per heavy atom. The molecule has 0 fully saturated rings. The molecule has 1 aliphatic rings. The lowest BCUT2D eigenvalue weighted by Gasteiger charge is -2.20. The summed E-state index contributed by atoms with van der Waals surface area (Å²) in [6.07, 6.45) is 0. The van der Waals surface area contributed by atoms with E-state index in [1.165, 1.54) is 0 Å². The monoisotopic (exact) mass is 424 g/mol. The molecule has 0 aliphatic carbocycles. The summed E-state index contributed by atoms with van der Waals surface area (Å²) < 4.78 is 40.0. The van der Waals surface area contributed by atoms with Crippen LogP contribution >= 0.6 is 0 Å². The molecule has 3 aromatic carbocycles. The Bertz CT molecular complexity index is 1060. The molecule has 0 saturated heterocycles. The Balaban J connectivity index is 1.90. The highest BCUT2D eigenvalue weighted by Crippen LogP contribution is 2.56. The summed E-state index contributed by atoms with van der Waals surface area (Å²) in [5, 5.41) is 0. The van der Waals surface area contributed by atoms with Crippen LogP contribution in [0, 0.1) is 0 Å². The van der Waals surface area contributed by atoms with Gasteiger partial charge < -0.3 is 33.2 Å². The zero-order valence-corrected chi connectivity index (χ0v) is 17.9. The second-order valence-electron chi connectivity index (χ2n) is 6.67. The smallest absolute Gasteiger partial charge is 0.231 e. The van der Waals surface area contributed by atoms with Crippen molar-refractivity contribution >= 4 is 0 Å². The van der Waals surface area contributed by atoms with Gasteiger partial charge in [0.15, 0.2) is 23.0 Å². The number of ether oxygens (including phenoxy) is 7. The van der Waals surface area contributed by atoms with Gasteiger partial charge in [0.25, 0.3) is 0 Å². The maximum Gasteiger partial charge on any atom is 0.231 e. The van der Waals surface area contributed by atoms with Gasteiger partial charge >= 0.3 is 0 Å². The summed E-state index contributed by atoms with van der Waals surface area (Å²) in [7, 11) is 6.29. The van der Waals surface area contributed by atoms with Gasteiger partial charge in [-0.25, -0.2) is 0 Å². The lowest BCUT2D eigenvalue weighted by molar-refractivity contribution is 0.171. The summed E-state index contributed by atoms with van der Waals surface area (Å²) in [6, 6.07) is 15.4. The van der Waals surface area contributed by atoms with Crippen molar-refractivity contribution in [2.75, 3.05) is 35.2 Å². The average molecular weight is 424 g/mol. The van der Waals surface area contributed by atoms with Crippen LogP contribution in [0.4, 0.5) is 0 Å². The van der Waals surface area contributed by atoms with E-state index in [2.05, 4.69) is 0 Å². The highest BCUT2D eigenvalue weighted by atomic mass is 16.7. The third-order valence-corrected chi connectivity index (χ3v) is 5.00. The molecule has 0 bridgehead atoms. The number of rotatable bonds is 8. The van der Waals surface area contributed by atoms with Crippen LogP contribution in [0.15, 0.2) is 48.5 Å². The third kappa shape index (κ3) is 3.74. The number of benzene rings is 3. The molecular weight excluding hydrogens is 400 g/mol. The first-order chi connectivity index (χ1) is 15.2. The van der Waals surface area contributed by atoms with Crippen LogP contribution in [-0.2, 0) is 6.61 Å². The SMILES string of the molecule is COc1ccc(-c2c(OCc3ccccc3)cc3c(c2OC)OCO3)c(OC)c1OC. The maximum atomic E-state index is 6.23. The predicted molar refractivity (Wildman–Crippen MR) is 115 cm³/mol. The highest BCUT2D eigenvalue weighted by molar-refractivity contribution is 5.88. The average Bonchev–Trinajstić information content (AvgIpc) is 3.29. The van der Waals surface area contributed by atoms with E-state index in [1.54, 1.807) is 34.5 Å². The molecule has 3 aromatic rings. The molecule has 0 saturated carbocycles. The zero-order chi connectivity index (χ0) is 21.8. The zero-order valence-electron chi connectivity index (χ0n) is 17.9. The lowest BCUT2D eigenvalue weighted by Crippen LogP contribution is -2.02. The van der Waals surface area contributed by atoms with E-state index in [0.717, 1.165) is 5.56 Å². The van der Waals surface area contributed by atoms with E-state index >= 15 is 0 Å². The van der Waals surface area contributed by atoms with Crippen molar-refractivity contribution in [1.82, 2.24) is 0 Å². The Labute approximate surface area is 181 Å². The van der Waals surface area contributed by atoms with Gasteiger partial charge in [-0.15, -0.1) is 0 Å². The first-order valence-electron chi connectivity index (χ1n) is 9.68. The second kappa shape index (κ2) is 8.95. The fraction of sp³-hybridized carbons (Fsp3) is 0.250. The van der Waals surface area contributed by atoms with E-state index in [-0.39, 0.29) is 6.79 Å². The van der Waals surface area contributed by atoms with Crippen LogP contribution in [0.2, 0.25) is 0 Å². The molecule has 0 atom stereocenters. The van der Waals surface area contributed by atoms with Crippen molar-refractivity contribution in [3.05, 3.63) is 54.1 Å². The highest BCUT2D eigenvalue weighted by Gasteiger charge is 2.30. The molecular formula is C24H24O7. The summed E-state index contributed by atoms with van der Waals surface area (Å²) in [5.74, 6) is 3.64. The van der Waals surface area contributed by atoms with E-state index in [4.69, 9.17) is 33.2 Å². The van der Waals surface area contributed by atoms with E-state index < -0.39 is 0 Å². The molecule has 0 radical (unpaired) electrons. The second-order valence-corrected chi connectivity index (χ2v) is 6.67. The van der Waals surface area contributed by atoms with Gasteiger partial charge in [0.1, 0.15) is 12.4 Å². The van der Waals surface area contributed by atoms with Gasteiger partial charge in [0, 0.05) is 11.6 Å². The molecule has 1 heterocycles. The maximum absolute atomic E-state index is 6.23. The normalized spacial score (nSPS) is 11.7. The van der Waals surface area contributed by atoms with Crippen molar-refractivity contribution in [2.24, 2.45) is 0 Å². The number of fused-ring (bicyclic) bond motifs is 1. The van der Waals surface area contributed by atoms with Crippen LogP contribution in [0.25, 0.3) is 11.1 Å². The first kappa shape index (κ1) is 20.5. The number of hydrogen-bond acceptors (Lipinski definition) is 7. The summed E-state index contributed by atoms with van der Waals surface area (Å²) >= 11 is 0. The molecule has 0 N–H and O–H groups in total. The first-order valence-corrected chi connectivity index (χ1v) is 9.68. The van der Waals surface area contributed by atoms with Crippen molar-refractivity contribution in [3.8, 4) is 51.4 Å². The van der Waals surface area contributed by atoms with E-state index in [1.807, 2.05) is 42.5 Å². The van der Waals surface area contributed by atoms with Crippen molar-refractivity contribution in [2.45, 2.75) is 6.61 Å². The molecule has 0 aromatic heterocycles. The van der Waals surface area contributed by atoms with Gasteiger partial charge in [-0.1, -0.05) is 30.3 Å². The van der Waals surface area contributed by atoms with Gasteiger partial charge in [0.2, 0.25) is 18.3 Å². The summed E-state index contributed by atoms with van der Waals surface area (Å²) in [5.41, 5.74) is 2.41. The molecule has 7 nitrogen and oxygen atoms in total. The van der Waals surface area contributed by atoms with Gasteiger partial charge in [0.05, 0.1) is 34.0 Å². The van der Waals surface area contributed by atoms with Crippen molar-refractivity contribution in [1.29, 1.82) is 0 Å². The fourth-order valence-electron chi connectivity index (χ4n) is 3.59. The quantitative estimate of drug-likeness (QED) is 0.519. The van der Waals surface area contributed by atoms with Gasteiger partial charge in [-0.3, -0.25) is 0 Å². The molecule has 7 heteroatoms. The molecule has 0 unspecified atom stereocenters. The van der Waals surface area contributed by atoms with Gasteiger partial charge in [-0.2, -0.15) is 0 Å². The molecule has 0 spiro atoms. The minimum Gasteiger partial charge on any atom is -0.493 e. The Morgan fingerprint density at radius 2 is 1.48 bits per heavy atom. The van der Waals surface area contributed by atoms with Crippen LogP contribution in [0.1, 0.15) is 5.56 Å². The van der Waals surface area contributed by atoms with Crippen LogP contribution in [0.5, 0.6) is 40.2 Å².